The molecule has 3 aromatic rings. The molecular formula is C24H28FN3O2. The smallest absolute Gasteiger partial charge is 0.165 e. The van der Waals surface area contributed by atoms with E-state index in [1.807, 2.05) is 29.1 Å². The van der Waals surface area contributed by atoms with Gasteiger partial charge in [-0.15, -0.1) is 0 Å². The molecule has 2 aromatic carbocycles. The molecule has 1 heterocycles. The standard InChI is InChI=1S/C24H28FN3O2/c1-24(2)12-20(26-14-16-6-5-7-22(29-3)23(16)30-4)19-15-27-28(21(19)13-24)18-10-8-17(25)9-11-18/h5-11,15,20,26H,12-14H2,1-4H3. The van der Waals surface area contributed by atoms with Crippen molar-refractivity contribution in [2.45, 2.75) is 39.3 Å². The second kappa shape index (κ2) is 8.11. The van der Waals surface area contributed by atoms with Crippen LogP contribution in [0, 0.1) is 11.2 Å². The summed E-state index contributed by atoms with van der Waals surface area (Å²) in [5.74, 6) is 1.24. The average molecular weight is 410 g/mol. The summed E-state index contributed by atoms with van der Waals surface area (Å²) in [4.78, 5) is 0. The summed E-state index contributed by atoms with van der Waals surface area (Å²) < 4.78 is 26.3. The predicted molar refractivity (Wildman–Crippen MR) is 115 cm³/mol. The van der Waals surface area contributed by atoms with Crippen molar-refractivity contribution < 1.29 is 13.9 Å². The molecule has 0 radical (unpaired) electrons. The number of para-hydroxylation sites is 1. The zero-order valence-corrected chi connectivity index (χ0v) is 17.9. The zero-order valence-electron chi connectivity index (χ0n) is 17.9. The quantitative estimate of drug-likeness (QED) is 0.633. The molecule has 1 N–H and O–H groups in total. The van der Waals surface area contributed by atoms with Crippen LogP contribution < -0.4 is 14.8 Å². The fourth-order valence-corrected chi connectivity index (χ4v) is 4.36. The maximum Gasteiger partial charge on any atom is 0.165 e. The molecule has 1 atom stereocenters. The van der Waals surface area contributed by atoms with Crippen molar-refractivity contribution in [3.63, 3.8) is 0 Å². The first kappa shape index (κ1) is 20.4. The molecule has 6 heteroatoms. The Kier molecular flexibility index (Phi) is 5.52. The topological polar surface area (TPSA) is 48.3 Å². The SMILES string of the molecule is COc1cccc(CNC2CC(C)(C)Cc3c2cnn3-c2ccc(F)cc2)c1OC. The number of benzene rings is 2. The number of hydrogen-bond donors (Lipinski definition) is 1. The molecule has 0 aliphatic heterocycles. The lowest BCUT2D eigenvalue weighted by molar-refractivity contribution is 0.252. The van der Waals surface area contributed by atoms with Gasteiger partial charge in [0.2, 0.25) is 0 Å². The first-order valence-electron chi connectivity index (χ1n) is 10.2. The summed E-state index contributed by atoms with van der Waals surface area (Å²) in [6.45, 7) is 5.21. The Morgan fingerprint density at radius 1 is 1.13 bits per heavy atom. The van der Waals surface area contributed by atoms with Gasteiger partial charge < -0.3 is 14.8 Å². The molecule has 0 saturated carbocycles. The number of fused-ring (bicyclic) bond motifs is 1. The fourth-order valence-electron chi connectivity index (χ4n) is 4.36. The molecular weight excluding hydrogens is 381 g/mol. The molecule has 1 aromatic heterocycles. The third-order valence-electron chi connectivity index (χ3n) is 5.77. The van der Waals surface area contributed by atoms with Gasteiger partial charge in [0.1, 0.15) is 5.82 Å². The molecule has 4 rings (SSSR count). The minimum absolute atomic E-state index is 0.112. The summed E-state index contributed by atoms with van der Waals surface area (Å²) in [6, 6.07) is 12.6. The third kappa shape index (κ3) is 3.92. The van der Waals surface area contributed by atoms with Crippen LogP contribution in [-0.2, 0) is 13.0 Å². The number of nitrogens with one attached hydrogen (secondary N) is 1. The van der Waals surface area contributed by atoms with Crippen LogP contribution in [0.2, 0.25) is 0 Å². The van der Waals surface area contributed by atoms with Crippen molar-refractivity contribution in [3.8, 4) is 17.2 Å². The van der Waals surface area contributed by atoms with Crippen LogP contribution >= 0.6 is 0 Å². The zero-order chi connectivity index (χ0) is 21.3. The van der Waals surface area contributed by atoms with Crippen molar-refractivity contribution in [1.29, 1.82) is 0 Å². The number of hydrogen-bond acceptors (Lipinski definition) is 4. The molecule has 30 heavy (non-hydrogen) atoms. The van der Waals surface area contributed by atoms with Gasteiger partial charge in [-0.3, -0.25) is 0 Å². The Hall–Kier alpha value is -2.86. The van der Waals surface area contributed by atoms with E-state index in [2.05, 4.69) is 24.3 Å². The van der Waals surface area contributed by atoms with E-state index in [9.17, 15) is 4.39 Å². The van der Waals surface area contributed by atoms with Crippen LogP contribution in [-0.4, -0.2) is 24.0 Å². The highest BCUT2D eigenvalue weighted by Gasteiger charge is 2.35. The molecule has 0 spiro atoms. The van der Waals surface area contributed by atoms with Crippen molar-refractivity contribution >= 4 is 0 Å². The Morgan fingerprint density at radius 3 is 2.60 bits per heavy atom. The van der Waals surface area contributed by atoms with E-state index in [0.29, 0.717) is 6.54 Å². The van der Waals surface area contributed by atoms with Crippen LogP contribution in [0.5, 0.6) is 11.5 Å². The fraction of sp³-hybridized carbons (Fsp3) is 0.375. The van der Waals surface area contributed by atoms with E-state index in [1.54, 1.807) is 26.4 Å². The minimum atomic E-state index is -0.244. The maximum atomic E-state index is 13.4. The van der Waals surface area contributed by atoms with Crippen LogP contribution in [0.25, 0.3) is 5.69 Å². The van der Waals surface area contributed by atoms with Gasteiger partial charge in [-0.1, -0.05) is 26.0 Å². The molecule has 0 bridgehead atoms. The van der Waals surface area contributed by atoms with Gasteiger partial charge >= 0.3 is 0 Å². The number of ether oxygens (including phenoxy) is 2. The Balaban J connectivity index is 1.63. The Labute approximate surface area is 176 Å². The van der Waals surface area contributed by atoms with Gasteiger partial charge in [0, 0.05) is 29.4 Å². The van der Waals surface area contributed by atoms with Gasteiger partial charge in [0.05, 0.1) is 26.1 Å². The summed E-state index contributed by atoms with van der Waals surface area (Å²) in [5.41, 5.74) is 4.41. The average Bonchev–Trinajstić information content (AvgIpc) is 3.14. The lowest BCUT2D eigenvalue weighted by Gasteiger charge is -2.36. The molecule has 0 fully saturated rings. The highest BCUT2D eigenvalue weighted by molar-refractivity contribution is 5.46. The van der Waals surface area contributed by atoms with E-state index in [-0.39, 0.29) is 17.3 Å². The van der Waals surface area contributed by atoms with Crippen LogP contribution in [0.1, 0.15) is 43.1 Å². The Bertz CT molecular complexity index is 1030. The lowest BCUT2D eigenvalue weighted by atomic mass is 9.74. The highest BCUT2D eigenvalue weighted by Crippen LogP contribution is 2.42. The van der Waals surface area contributed by atoms with E-state index >= 15 is 0 Å². The summed E-state index contributed by atoms with van der Waals surface area (Å²) in [5, 5.41) is 8.34. The molecule has 1 aliphatic rings. The Morgan fingerprint density at radius 2 is 1.90 bits per heavy atom. The van der Waals surface area contributed by atoms with Crippen LogP contribution in [0.15, 0.2) is 48.7 Å². The van der Waals surface area contributed by atoms with Gasteiger partial charge in [-0.2, -0.15) is 5.10 Å². The van der Waals surface area contributed by atoms with Gasteiger partial charge in [0.25, 0.3) is 0 Å². The molecule has 1 unspecified atom stereocenters. The van der Waals surface area contributed by atoms with Gasteiger partial charge in [-0.25, -0.2) is 9.07 Å². The van der Waals surface area contributed by atoms with E-state index in [1.165, 1.54) is 23.4 Å². The predicted octanol–water partition coefficient (Wildman–Crippen LogP) is 4.83. The van der Waals surface area contributed by atoms with Crippen molar-refractivity contribution in [3.05, 3.63) is 71.3 Å². The molecule has 158 valence electrons. The van der Waals surface area contributed by atoms with Crippen LogP contribution in [0.3, 0.4) is 0 Å². The van der Waals surface area contributed by atoms with Crippen molar-refractivity contribution in [1.82, 2.24) is 15.1 Å². The van der Waals surface area contributed by atoms with E-state index in [4.69, 9.17) is 9.47 Å². The highest BCUT2D eigenvalue weighted by atomic mass is 19.1. The summed E-state index contributed by atoms with van der Waals surface area (Å²) in [7, 11) is 3.31. The monoisotopic (exact) mass is 409 g/mol. The first-order valence-corrected chi connectivity index (χ1v) is 10.2. The summed E-state index contributed by atoms with van der Waals surface area (Å²) in [6.07, 6.45) is 3.86. The molecule has 1 aliphatic carbocycles. The molecule has 0 amide bonds. The number of halogens is 1. The first-order chi connectivity index (χ1) is 14.4. The van der Waals surface area contributed by atoms with E-state index < -0.39 is 0 Å². The van der Waals surface area contributed by atoms with Gasteiger partial charge in [-0.05, 0) is 48.6 Å². The minimum Gasteiger partial charge on any atom is -0.493 e. The largest absolute Gasteiger partial charge is 0.493 e. The normalized spacial score (nSPS) is 17.4. The lowest BCUT2D eigenvalue weighted by Crippen LogP contribution is -2.33. The number of aromatic nitrogens is 2. The third-order valence-corrected chi connectivity index (χ3v) is 5.77. The molecule has 5 nitrogen and oxygen atoms in total. The molecule has 0 saturated heterocycles. The second-order valence-corrected chi connectivity index (χ2v) is 8.57. The summed E-state index contributed by atoms with van der Waals surface area (Å²) >= 11 is 0. The number of methoxy groups -OCH3 is 2. The van der Waals surface area contributed by atoms with Crippen molar-refractivity contribution in [2.75, 3.05) is 14.2 Å². The van der Waals surface area contributed by atoms with Crippen LogP contribution in [0.4, 0.5) is 4.39 Å². The maximum absolute atomic E-state index is 13.4. The van der Waals surface area contributed by atoms with Gasteiger partial charge in [0.15, 0.2) is 11.5 Å². The number of nitrogens with zero attached hydrogens (tertiary/aromatic N) is 2. The van der Waals surface area contributed by atoms with Crippen molar-refractivity contribution in [2.24, 2.45) is 5.41 Å². The second-order valence-electron chi connectivity index (χ2n) is 8.57. The van der Waals surface area contributed by atoms with E-state index in [0.717, 1.165) is 35.6 Å². The number of rotatable bonds is 6.